The molecule has 2 rings (SSSR count). The summed E-state index contributed by atoms with van der Waals surface area (Å²) in [6.07, 6.45) is 4.19. The van der Waals surface area contributed by atoms with Crippen molar-refractivity contribution in [2.45, 2.75) is 25.9 Å². The summed E-state index contributed by atoms with van der Waals surface area (Å²) in [5, 5.41) is 16.3. The van der Waals surface area contributed by atoms with Crippen molar-refractivity contribution in [2.24, 2.45) is 0 Å². The lowest BCUT2D eigenvalue weighted by molar-refractivity contribution is 0.560. The summed E-state index contributed by atoms with van der Waals surface area (Å²) < 4.78 is 2.88. The zero-order chi connectivity index (χ0) is 13.7. The Morgan fingerprint density at radius 2 is 2.16 bits per heavy atom. The highest BCUT2D eigenvalue weighted by Crippen LogP contribution is 2.12. The molecule has 0 radical (unpaired) electrons. The van der Waals surface area contributed by atoms with E-state index in [1.165, 1.54) is 0 Å². The molecule has 1 unspecified atom stereocenters. The Balaban J connectivity index is 1.91. The molecule has 4 nitrogen and oxygen atoms in total. The van der Waals surface area contributed by atoms with Gasteiger partial charge in [0.2, 0.25) is 0 Å². The smallest absolute Gasteiger partial charge is 0.0669 e. The fourth-order valence-electron chi connectivity index (χ4n) is 1.86. The molecule has 0 amide bonds. The van der Waals surface area contributed by atoms with Gasteiger partial charge in [0.1, 0.15) is 0 Å². The predicted molar refractivity (Wildman–Crippen MR) is 78.8 cm³/mol. The first-order valence-electron chi connectivity index (χ1n) is 6.08. The summed E-state index contributed by atoms with van der Waals surface area (Å²) in [6.45, 7) is 2.91. The maximum atomic E-state index is 8.62. The van der Waals surface area contributed by atoms with Crippen molar-refractivity contribution in [3.05, 3.63) is 46.7 Å². The van der Waals surface area contributed by atoms with E-state index < -0.39 is 0 Å². The largest absolute Gasteiger partial charge is 0.381 e. The van der Waals surface area contributed by atoms with Crippen LogP contribution in [0, 0.1) is 11.3 Å². The van der Waals surface area contributed by atoms with E-state index in [0.29, 0.717) is 6.42 Å². The fourth-order valence-corrected chi connectivity index (χ4v) is 2.19. The Hall–Kier alpha value is -1.80. The molecule has 19 heavy (non-hydrogen) atoms. The highest BCUT2D eigenvalue weighted by atomic mass is 79.9. The first-order valence-corrected chi connectivity index (χ1v) is 6.87. The van der Waals surface area contributed by atoms with Crippen molar-refractivity contribution in [2.75, 3.05) is 5.32 Å². The molecule has 98 valence electrons. The van der Waals surface area contributed by atoms with Crippen LogP contribution in [0.1, 0.15) is 12.5 Å². The lowest BCUT2D eigenvalue weighted by Gasteiger charge is -2.15. The van der Waals surface area contributed by atoms with Crippen molar-refractivity contribution < 1.29 is 0 Å². The highest BCUT2D eigenvalue weighted by Gasteiger charge is 2.04. The zero-order valence-corrected chi connectivity index (χ0v) is 12.3. The Morgan fingerprint density at radius 3 is 2.74 bits per heavy atom. The second-order valence-corrected chi connectivity index (χ2v) is 5.37. The lowest BCUT2D eigenvalue weighted by atomic mass is 10.1. The number of nitrogens with zero attached hydrogens (tertiary/aromatic N) is 3. The van der Waals surface area contributed by atoms with Gasteiger partial charge in [0.05, 0.1) is 29.7 Å². The van der Waals surface area contributed by atoms with Gasteiger partial charge in [-0.25, -0.2) is 0 Å². The van der Waals surface area contributed by atoms with Crippen LogP contribution in [-0.2, 0) is 13.0 Å². The molecular weight excluding hydrogens is 304 g/mol. The number of hydrogen-bond acceptors (Lipinski definition) is 3. The van der Waals surface area contributed by atoms with Crippen molar-refractivity contribution in [1.82, 2.24) is 9.78 Å². The summed E-state index contributed by atoms with van der Waals surface area (Å²) in [7, 11) is 0. The van der Waals surface area contributed by atoms with Crippen LogP contribution in [0.4, 0.5) is 5.69 Å². The summed E-state index contributed by atoms with van der Waals surface area (Å²) in [5.74, 6) is 0. The molecule has 0 spiro atoms. The van der Waals surface area contributed by atoms with E-state index >= 15 is 0 Å². The van der Waals surface area contributed by atoms with Crippen LogP contribution in [-0.4, -0.2) is 15.8 Å². The number of aromatic nitrogens is 2. The summed E-state index contributed by atoms with van der Waals surface area (Å²) >= 11 is 3.38. The SMILES string of the molecule is CC(Cn1cc(Br)cn1)Nc1ccc(CC#N)cc1. The lowest BCUT2D eigenvalue weighted by Crippen LogP contribution is -2.22. The Labute approximate surface area is 121 Å². The average molecular weight is 319 g/mol. The van der Waals surface area contributed by atoms with Gasteiger partial charge in [-0.05, 0) is 40.5 Å². The highest BCUT2D eigenvalue weighted by molar-refractivity contribution is 9.10. The molecule has 0 saturated heterocycles. The second-order valence-electron chi connectivity index (χ2n) is 4.46. The van der Waals surface area contributed by atoms with Gasteiger partial charge in [0.25, 0.3) is 0 Å². The predicted octanol–water partition coefficient (Wildman–Crippen LogP) is 3.21. The number of nitrogens with one attached hydrogen (secondary N) is 1. The van der Waals surface area contributed by atoms with Gasteiger partial charge in [-0.2, -0.15) is 10.4 Å². The quantitative estimate of drug-likeness (QED) is 0.921. The van der Waals surface area contributed by atoms with E-state index in [9.17, 15) is 0 Å². The molecule has 0 aliphatic rings. The molecule has 5 heteroatoms. The Bertz CT molecular complexity index is 568. The molecule has 0 bridgehead atoms. The Kier molecular flexibility index (Phi) is 4.58. The van der Waals surface area contributed by atoms with Crippen LogP contribution in [0.25, 0.3) is 0 Å². The molecule has 1 atom stereocenters. The third kappa shape index (κ3) is 4.11. The minimum Gasteiger partial charge on any atom is -0.381 e. The zero-order valence-electron chi connectivity index (χ0n) is 10.7. The van der Waals surface area contributed by atoms with Gasteiger partial charge in [0, 0.05) is 17.9 Å². The van der Waals surface area contributed by atoms with Crippen molar-refractivity contribution >= 4 is 21.6 Å². The minimum absolute atomic E-state index is 0.272. The van der Waals surface area contributed by atoms with Crippen LogP contribution in [0.5, 0.6) is 0 Å². The summed E-state index contributed by atoms with van der Waals surface area (Å²) in [6, 6.07) is 10.4. The van der Waals surface area contributed by atoms with E-state index in [1.807, 2.05) is 35.1 Å². The molecule has 0 saturated carbocycles. The normalized spacial score (nSPS) is 11.8. The second kappa shape index (κ2) is 6.39. The van der Waals surface area contributed by atoms with Crippen LogP contribution in [0.3, 0.4) is 0 Å². The number of rotatable bonds is 5. The van der Waals surface area contributed by atoms with Gasteiger partial charge < -0.3 is 5.32 Å². The number of benzene rings is 1. The molecule has 0 aliphatic carbocycles. The Morgan fingerprint density at radius 1 is 1.42 bits per heavy atom. The van der Waals surface area contributed by atoms with E-state index in [4.69, 9.17) is 5.26 Å². The monoisotopic (exact) mass is 318 g/mol. The standard InChI is InChI=1S/C14H15BrN4/c1-11(9-19-10-13(15)8-17-19)18-14-4-2-12(3-5-14)6-7-16/h2-5,8,10-11,18H,6,9H2,1H3. The fraction of sp³-hybridized carbons (Fsp3) is 0.286. The number of nitriles is 1. The van der Waals surface area contributed by atoms with Gasteiger partial charge >= 0.3 is 0 Å². The molecule has 0 aliphatic heterocycles. The average Bonchev–Trinajstić information content (AvgIpc) is 2.77. The van der Waals surface area contributed by atoms with Gasteiger partial charge in [0.15, 0.2) is 0 Å². The van der Waals surface area contributed by atoms with E-state index in [1.54, 1.807) is 6.20 Å². The van der Waals surface area contributed by atoms with Crippen molar-refractivity contribution in [3.63, 3.8) is 0 Å². The molecule has 1 aromatic carbocycles. The van der Waals surface area contributed by atoms with E-state index in [0.717, 1.165) is 22.3 Å². The topological polar surface area (TPSA) is 53.6 Å². The van der Waals surface area contributed by atoms with E-state index in [-0.39, 0.29) is 6.04 Å². The van der Waals surface area contributed by atoms with Crippen LogP contribution >= 0.6 is 15.9 Å². The molecule has 1 heterocycles. The molecule has 2 aromatic rings. The maximum Gasteiger partial charge on any atom is 0.0669 e. The third-order valence-electron chi connectivity index (χ3n) is 2.71. The van der Waals surface area contributed by atoms with Crippen molar-refractivity contribution in [3.8, 4) is 6.07 Å². The molecule has 0 fully saturated rings. The maximum absolute atomic E-state index is 8.62. The summed E-state index contributed by atoms with van der Waals surface area (Å²) in [4.78, 5) is 0. The molecule has 1 aromatic heterocycles. The first kappa shape index (κ1) is 13.6. The van der Waals surface area contributed by atoms with Gasteiger partial charge in [-0.1, -0.05) is 12.1 Å². The number of anilines is 1. The van der Waals surface area contributed by atoms with Gasteiger partial charge in [-0.15, -0.1) is 0 Å². The number of halogens is 1. The summed E-state index contributed by atoms with van der Waals surface area (Å²) in [5.41, 5.74) is 2.09. The minimum atomic E-state index is 0.272. The van der Waals surface area contributed by atoms with Crippen molar-refractivity contribution in [1.29, 1.82) is 5.26 Å². The molecular formula is C14H15BrN4. The molecule has 1 N–H and O–H groups in total. The van der Waals surface area contributed by atoms with E-state index in [2.05, 4.69) is 39.3 Å². The first-order chi connectivity index (χ1) is 9.17. The third-order valence-corrected chi connectivity index (χ3v) is 3.12. The van der Waals surface area contributed by atoms with Crippen LogP contribution in [0.15, 0.2) is 41.1 Å². The van der Waals surface area contributed by atoms with Crippen LogP contribution < -0.4 is 5.32 Å². The van der Waals surface area contributed by atoms with Crippen LogP contribution in [0.2, 0.25) is 0 Å². The van der Waals surface area contributed by atoms with Gasteiger partial charge in [-0.3, -0.25) is 4.68 Å². The number of hydrogen-bond donors (Lipinski definition) is 1.